The fourth-order valence-electron chi connectivity index (χ4n) is 2.89. The van der Waals surface area contributed by atoms with Crippen molar-refractivity contribution in [3.8, 4) is 0 Å². The third kappa shape index (κ3) is 6.20. The molecule has 0 aliphatic carbocycles. The number of aliphatic imine (C=N–C) groups is 1. The summed E-state index contributed by atoms with van der Waals surface area (Å²) in [6.07, 6.45) is 3.96. The lowest BCUT2D eigenvalue weighted by Crippen LogP contribution is -2.48. The van der Waals surface area contributed by atoms with Crippen LogP contribution >= 0.6 is 11.8 Å². The molecule has 1 saturated heterocycles. The van der Waals surface area contributed by atoms with Crippen LogP contribution in [0.1, 0.15) is 59.1 Å². The molecule has 26 heavy (non-hydrogen) atoms. The zero-order chi connectivity index (χ0) is 19.0. The van der Waals surface area contributed by atoms with Gasteiger partial charge in [-0.2, -0.15) is 11.8 Å². The maximum atomic E-state index is 5.84. The number of oxazole rings is 1. The second kappa shape index (κ2) is 9.65. The maximum Gasteiger partial charge on any atom is 0.216 e. The largest absolute Gasteiger partial charge is 0.443 e. The summed E-state index contributed by atoms with van der Waals surface area (Å²) >= 11 is 2.02. The molecule has 0 saturated carbocycles. The Balaban J connectivity index is 1.98. The van der Waals surface area contributed by atoms with Gasteiger partial charge in [-0.05, 0) is 25.5 Å². The fourth-order valence-corrected chi connectivity index (χ4v) is 4.13. The highest BCUT2D eigenvalue weighted by atomic mass is 32.2. The Hall–Kier alpha value is -1.21. The lowest BCUT2D eigenvalue weighted by atomic mass is 9.94. The van der Waals surface area contributed by atoms with Gasteiger partial charge >= 0.3 is 0 Å². The van der Waals surface area contributed by atoms with Crippen molar-refractivity contribution in [2.75, 3.05) is 32.1 Å². The van der Waals surface area contributed by atoms with Crippen LogP contribution in [0, 0.1) is 0 Å². The first kappa shape index (κ1) is 21.1. The highest BCUT2D eigenvalue weighted by Gasteiger charge is 2.32. The molecule has 1 aliphatic heterocycles. The third-order valence-electron chi connectivity index (χ3n) is 4.44. The Kier molecular flexibility index (Phi) is 7.83. The van der Waals surface area contributed by atoms with Crippen molar-refractivity contribution in [2.45, 2.75) is 64.2 Å². The smallest absolute Gasteiger partial charge is 0.216 e. The highest BCUT2D eigenvalue weighted by Crippen LogP contribution is 2.34. The molecule has 0 radical (unpaired) electrons. The van der Waals surface area contributed by atoms with Crippen LogP contribution in [0.5, 0.6) is 0 Å². The molecule has 0 bridgehead atoms. The third-order valence-corrected chi connectivity index (χ3v) is 5.90. The Morgan fingerprint density at radius 2 is 2.00 bits per heavy atom. The molecule has 1 aromatic heterocycles. The SMILES string of the molecule is CCNC(=NCc1ncc(C(C)(C)C)o1)NCC1(SCC)CCOCC1. The van der Waals surface area contributed by atoms with E-state index in [-0.39, 0.29) is 10.2 Å². The second-order valence-corrected chi connectivity index (χ2v) is 9.38. The molecule has 7 heteroatoms. The molecule has 6 nitrogen and oxygen atoms in total. The van der Waals surface area contributed by atoms with Crippen LogP contribution in [0.2, 0.25) is 0 Å². The van der Waals surface area contributed by atoms with E-state index in [2.05, 4.69) is 55.2 Å². The number of nitrogens with one attached hydrogen (secondary N) is 2. The molecule has 148 valence electrons. The average Bonchev–Trinajstić information content (AvgIpc) is 3.08. The van der Waals surface area contributed by atoms with E-state index in [4.69, 9.17) is 9.15 Å². The number of guanidine groups is 1. The van der Waals surface area contributed by atoms with Crippen molar-refractivity contribution in [1.29, 1.82) is 0 Å². The predicted octanol–water partition coefficient (Wildman–Crippen LogP) is 3.33. The van der Waals surface area contributed by atoms with Crippen molar-refractivity contribution in [2.24, 2.45) is 4.99 Å². The van der Waals surface area contributed by atoms with Crippen molar-refractivity contribution in [3.63, 3.8) is 0 Å². The first-order chi connectivity index (χ1) is 12.4. The monoisotopic (exact) mass is 382 g/mol. The zero-order valence-electron chi connectivity index (χ0n) is 16.9. The van der Waals surface area contributed by atoms with Crippen molar-refractivity contribution in [3.05, 3.63) is 17.8 Å². The number of hydrogen-bond donors (Lipinski definition) is 2. The van der Waals surface area contributed by atoms with Gasteiger partial charge in [0.25, 0.3) is 0 Å². The van der Waals surface area contributed by atoms with Crippen molar-refractivity contribution in [1.82, 2.24) is 15.6 Å². The van der Waals surface area contributed by atoms with E-state index in [9.17, 15) is 0 Å². The molecule has 2 rings (SSSR count). The van der Waals surface area contributed by atoms with Gasteiger partial charge in [0.1, 0.15) is 12.3 Å². The van der Waals surface area contributed by atoms with Gasteiger partial charge in [0.05, 0.1) is 6.20 Å². The Labute approximate surface area is 162 Å². The Bertz CT molecular complexity index is 569. The maximum absolute atomic E-state index is 5.84. The fraction of sp³-hybridized carbons (Fsp3) is 0.789. The van der Waals surface area contributed by atoms with E-state index in [1.165, 1.54) is 0 Å². The molecular weight excluding hydrogens is 348 g/mol. The molecule has 2 N–H and O–H groups in total. The zero-order valence-corrected chi connectivity index (χ0v) is 17.7. The number of thioether (sulfide) groups is 1. The van der Waals surface area contributed by atoms with Crippen LogP contribution in [0.4, 0.5) is 0 Å². The number of hydrogen-bond acceptors (Lipinski definition) is 5. The summed E-state index contributed by atoms with van der Waals surface area (Å²) in [7, 11) is 0. The van der Waals surface area contributed by atoms with E-state index >= 15 is 0 Å². The molecular formula is C19H34N4O2S. The van der Waals surface area contributed by atoms with Gasteiger partial charge in [-0.25, -0.2) is 9.98 Å². The quantitative estimate of drug-likeness (QED) is 0.557. The number of ether oxygens (including phenoxy) is 1. The van der Waals surface area contributed by atoms with Gasteiger partial charge in [-0.3, -0.25) is 0 Å². The van der Waals surface area contributed by atoms with Gasteiger partial charge in [0.15, 0.2) is 5.96 Å². The second-order valence-electron chi connectivity index (χ2n) is 7.65. The summed E-state index contributed by atoms with van der Waals surface area (Å²) in [6, 6.07) is 0. The van der Waals surface area contributed by atoms with E-state index in [1.807, 2.05) is 11.8 Å². The first-order valence-corrected chi connectivity index (χ1v) is 10.6. The summed E-state index contributed by atoms with van der Waals surface area (Å²) < 4.78 is 11.6. The van der Waals surface area contributed by atoms with E-state index in [0.29, 0.717) is 12.4 Å². The molecule has 0 amide bonds. The normalized spacial score (nSPS) is 18.0. The lowest BCUT2D eigenvalue weighted by molar-refractivity contribution is 0.0782. The Morgan fingerprint density at radius 1 is 1.27 bits per heavy atom. The van der Waals surface area contributed by atoms with Gasteiger partial charge in [0.2, 0.25) is 5.89 Å². The van der Waals surface area contributed by atoms with Crippen LogP contribution in [0.15, 0.2) is 15.6 Å². The van der Waals surface area contributed by atoms with Crippen LogP contribution in [0.25, 0.3) is 0 Å². The van der Waals surface area contributed by atoms with Gasteiger partial charge in [-0.1, -0.05) is 27.7 Å². The van der Waals surface area contributed by atoms with Gasteiger partial charge in [-0.15, -0.1) is 0 Å². The van der Waals surface area contributed by atoms with E-state index in [0.717, 1.165) is 56.6 Å². The molecule has 1 aromatic rings. The summed E-state index contributed by atoms with van der Waals surface area (Å²) in [5, 5.41) is 6.83. The standard InChI is InChI=1S/C19H34N4O2S/c1-6-20-17(22-13-16-21-12-15(25-16)18(3,4)5)23-14-19(26-7-2)8-10-24-11-9-19/h12H,6-11,13-14H2,1-5H3,(H2,20,22,23). The summed E-state index contributed by atoms with van der Waals surface area (Å²) in [5.74, 6) is 3.46. The molecule has 2 heterocycles. The van der Waals surface area contributed by atoms with Crippen molar-refractivity contribution >= 4 is 17.7 Å². The van der Waals surface area contributed by atoms with Crippen molar-refractivity contribution < 1.29 is 9.15 Å². The molecule has 0 spiro atoms. The number of nitrogens with zero attached hydrogens (tertiary/aromatic N) is 2. The van der Waals surface area contributed by atoms with Gasteiger partial charge < -0.3 is 19.8 Å². The molecule has 1 aliphatic rings. The Morgan fingerprint density at radius 3 is 2.58 bits per heavy atom. The highest BCUT2D eigenvalue weighted by molar-refractivity contribution is 8.00. The summed E-state index contributed by atoms with van der Waals surface area (Å²) in [4.78, 5) is 9.01. The minimum absolute atomic E-state index is 0.0372. The lowest BCUT2D eigenvalue weighted by Gasteiger charge is -2.37. The van der Waals surface area contributed by atoms with Crippen LogP contribution < -0.4 is 10.6 Å². The van der Waals surface area contributed by atoms with E-state index in [1.54, 1.807) is 6.20 Å². The predicted molar refractivity (Wildman–Crippen MR) is 109 cm³/mol. The number of aromatic nitrogens is 1. The van der Waals surface area contributed by atoms with Crippen LogP contribution in [-0.4, -0.2) is 47.7 Å². The topological polar surface area (TPSA) is 71.7 Å². The summed E-state index contributed by atoms with van der Waals surface area (Å²) in [5.41, 5.74) is -0.0372. The number of rotatable bonds is 7. The average molecular weight is 383 g/mol. The first-order valence-electron chi connectivity index (χ1n) is 9.57. The van der Waals surface area contributed by atoms with Crippen LogP contribution in [0.3, 0.4) is 0 Å². The summed E-state index contributed by atoms with van der Waals surface area (Å²) in [6.45, 7) is 14.5. The van der Waals surface area contributed by atoms with E-state index < -0.39 is 0 Å². The minimum atomic E-state index is -0.0372. The molecule has 0 aromatic carbocycles. The molecule has 0 atom stereocenters. The minimum Gasteiger partial charge on any atom is -0.443 e. The molecule has 1 fully saturated rings. The van der Waals surface area contributed by atoms with Crippen LogP contribution in [-0.2, 0) is 16.7 Å². The molecule has 0 unspecified atom stereocenters. The van der Waals surface area contributed by atoms with Gasteiger partial charge in [0, 0.05) is 36.5 Å².